The summed E-state index contributed by atoms with van der Waals surface area (Å²) in [6, 6.07) is -0.125. The molecule has 0 aromatic carbocycles. The second kappa shape index (κ2) is 8.11. The Balaban J connectivity index is 2.35. The van der Waals surface area contributed by atoms with Crippen molar-refractivity contribution in [2.75, 3.05) is 39.8 Å². The third kappa shape index (κ3) is 6.76. The van der Waals surface area contributed by atoms with Gasteiger partial charge in [-0.25, -0.2) is 0 Å². The summed E-state index contributed by atoms with van der Waals surface area (Å²) in [5.74, 6) is 0.584. The van der Waals surface area contributed by atoms with Crippen LogP contribution >= 0.6 is 0 Å². The topological polar surface area (TPSA) is 55.8 Å². The van der Waals surface area contributed by atoms with Crippen molar-refractivity contribution in [3.05, 3.63) is 0 Å². The lowest BCUT2D eigenvalue weighted by molar-refractivity contribution is -0.127. The number of hydrogen-bond acceptors (Lipinski definition) is 4. The summed E-state index contributed by atoms with van der Waals surface area (Å²) in [4.78, 5) is 16.7. The number of likely N-dealkylation sites (N-methyl/N-ethyl adjacent to an activating group) is 1. The molecule has 0 aromatic rings. The van der Waals surface area contributed by atoms with Crippen molar-refractivity contribution in [1.82, 2.24) is 15.1 Å². The van der Waals surface area contributed by atoms with Crippen LogP contribution in [0.3, 0.4) is 0 Å². The average molecular weight is 299 g/mol. The molecule has 0 radical (unpaired) electrons. The number of piperazine rings is 1. The lowest BCUT2D eigenvalue weighted by Crippen LogP contribution is -2.54. The third-order valence-electron chi connectivity index (χ3n) is 4.37. The molecule has 0 spiro atoms. The highest BCUT2D eigenvalue weighted by atomic mass is 16.3. The van der Waals surface area contributed by atoms with E-state index < -0.39 is 5.60 Å². The van der Waals surface area contributed by atoms with Gasteiger partial charge in [-0.05, 0) is 39.7 Å². The average Bonchev–Trinajstić information content (AvgIpc) is 2.43. The number of nitrogens with one attached hydrogen (secondary N) is 1. The van der Waals surface area contributed by atoms with Gasteiger partial charge in [-0.1, -0.05) is 13.8 Å². The summed E-state index contributed by atoms with van der Waals surface area (Å²) in [5.41, 5.74) is -0.818. The predicted molar refractivity (Wildman–Crippen MR) is 86.2 cm³/mol. The number of aliphatic hydroxyl groups is 1. The molecule has 2 N–H and O–H groups in total. The Kier molecular flexibility index (Phi) is 7.10. The van der Waals surface area contributed by atoms with E-state index in [0.29, 0.717) is 18.9 Å². The third-order valence-corrected chi connectivity index (χ3v) is 4.37. The van der Waals surface area contributed by atoms with E-state index in [4.69, 9.17) is 0 Å². The lowest BCUT2D eigenvalue weighted by Gasteiger charge is -2.36. The molecule has 124 valence electrons. The van der Waals surface area contributed by atoms with Gasteiger partial charge in [0.2, 0.25) is 5.91 Å². The van der Waals surface area contributed by atoms with E-state index in [1.807, 2.05) is 6.92 Å². The zero-order chi connectivity index (χ0) is 16.0. The first-order valence-corrected chi connectivity index (χ1v) is 8.14. The fraction of sp³-hybridized carbons (Fsp3) is 0.938. The van der Waals surface area contributed by atoms with Crippen molar-refractivity contribution in [3.8, 4) is 0 Å². The van der Waals surface area contributed by atoms with Crippen molar-refractivity contribution in [2.24, 2.45) is 5.92 Å². The summed E-state index contributed by atoms with van der Waals surface area (Å²) in [6.07, 6.45) is 1.69. The summed E-state index contributed by atoms with van der Waals surface area (Å²) in [5, 5.41) is 13.2. The quantitative estimate of drug-likeness (QED) is 0.734. The molecular formula is C16H33N3O2. The highest BCUT2D eigenvalue weighted by molar-refractivity contribution is 5.81. The van der Waals surface area contributed by atoms with E-state index in [1.54, 1.807) is 6.92 Å². The number of carbonyl (C=O) groups is 1. The lowest BCUT2D eigenvalue weighted by atomic mass is 9.95. The van der Waals surface area contributed by atoms with Gasteiger partial charge < -0.3 is 15.3 Å². The molecule has 1 fully saturated rings. The molecule has 2 unspecified atom stereocenters. The van der Waals surface area contributed by atoms with Gasteiger partial charge in [0.25, 0.3) is 0 Å². The van der Waals surface area contributed by atoms with Crippen molar-refractivity contribution in [2.45, 2.75) is 52.2 Å². The van der Waals surface area contributed by atoms with Crippen LogP contribution in [-0.2, 0) is 4.79 Å². The molecule has 5 nitrogen and oxygen atoms in total. The first kappa shape index (κ1) is 18.4. The SMILES string of the molecule is CC(C)CCC(C)(O)CNC(=O)C(C)N1CCN(C)CC1. The molecule has 2 atom stereocenters. The zero-order valence-electron chi connectivity index (χ0n) is 14.4. The smallest absolute Gasteiger partial charge is 0.237 e. The minimum atomic E-state index is -0.818. The van der Waals surface area contributed by atoms with Crippen molar-refractivity contribution in [1.29, 1.82) is 0 Å². The molecule has 0 bridgehead atoms. The van der Waals surface area contributed by atoms with Gasteiger partial charge in [0, 0.05) is 32.7 Å². The van der Waals surface area contributed by atoms with Gasteiger partial charge in [-0.15, -0.1) is 0 Å². The monoisotopic (exact) mass is 299 g/mol. The molecule has 0 aliphatic carbocycles. The molecule has 1 rings (SSSR count). The van der Waals surface area contributed by atoms with Crippen LogP contribution in [0.2, 0.25) is 0 Å². The number of amides is 1. The largest absolute Gasteiger partial charge is 0.388 e. The van der Waals surface area contributed by atoms with Crippen molar-refractivity contribution < 1.29 is 9.90 Å². The zero-order valence-corrected chi connectivity index (χ0v) is 14.4. The highest BCUT2D eigenvalue weighted by Gasteiger charge is 2.27. The van der Waals surface area contributed by atoms with E-state index in [9.17, 15) is 9.90 Å². The summed E-state index contributed by atoms with van der Waals surface area (Å²) < 4.78 is 0. The van der Waals surface area contributed by atoms with Crippen LogP contribution in [0.1, 0.15) is 40.5 Å². The molecule has 1 heterocycles. The standard InChI is InChI=1S/C16H33N3O2/c1-13(2)6-7-16(4,21)12-17-15(20)14(3)19-10-8-18(5)9-11-19/h13-14,21H,6-12H2,1-5H3,(H,17,20). The van der Waals surface area contributed by atoms with E-state index in [0.717, 1.165) is 32.6 Å². The van der Waals surface area contributed by atoms with E-state index in [-0.39, 0.29) is 11.9 Å². The Hall–Kier alpha value is -0.650. The van der Waals surface area contributed by atoms with Crippen molar-refractivity contribution >= 4 is 5.91 Å². The Labute approximate surface area is 129 Å². The van der Waals surface area contributed by atoms with Crippen LogP contribution in [0.25, 0.3) is 0 Å². The van der Waals surface area contributed by atoms with E-state index >= 15 is 0 Å². The van der Waals surface area contributed by atoms with Crippen LogP contribution < -0.4 is 5.32 Å². The number of rotatable bonds is 7. The number of hydrogen-bond donors (Lipinski definition) is 2. The molecule has 0 aromatic heterocycles. The van der Waals surface area contributed by atoms with Crippen LogP contribution in [-0.4, -0.2) is 72.2 Å². The van der Waals surface area contributed by atoms with Crippen LogP contribution in [0.5, 0.6) is 0 Å². The second-order valence-electron chi connectivity index (χ2n) is 7.16. The molecular weight excluding hydrogens is 266 g/mol. The maximum Gasteiger partial charge on any atom is 0.237 e. The van der Waals surface area contributed by atoms with Crippen molar-refractivity contribution in [3.63, 3.8) is 0 Å². The number of carbonyl (C=O) groups excluding carboxylic acids is 1. The highest BCUT2D eigenvalue weighted by Crippen LogP contribution is 2.15. The van der Waals surface area contributed by atoms with Gasteiger partial charge in [0.05, 0.1) is 11.6 Å². The molecule has 1 aliphatic heterocycles. The Morgan fingerprint density at radius 1 is 1.24 bits per heavy atom. The minimum Gasteiger partial charge on any atom is -0.388 e. The Bertz CT molecular complexity index is 323. The van der Waals surface area contributed by atoms with Gasteiger partial charge >= 0.3 is 0 Å². The molecule has 5 heteroatoms. The second-order valence-corrected chi connectivity index (χ2v) is 7.16. The van der Waals surface area contributed by atoms with E-state index in [1.165, 1.54) is 0 Å². The summed E-state index contributed by atoms with van der Waals surface area (Å²) in [6.45, 7) is 12.2. The van der Waals surface area contributed by atoms with Gasteiger partial charge in [-0.2, -0.15) is 0 Å². The minimum absolute atomic E-state index is 0.0179. The molecule has 1 saturated heterocycles. The molecule has 1 amide bonds. The van der Waals surface area contributed by atoms with Crippen LogP contribution in [0.4, 0.5) is 0 Å². The summed E-state index contributed by atoms with van der Waals surface area (Å²) >= 11 is 0. The maximum absolute atomic E-state index is 12.2. The maximum atomic E-state index is 12.2. The van der Waals surface area contributed by atoms with Gasteiger partial charge in [-0.3, -0.25) is 9.69 Å². The van der Waals surface area contributed by atoms with E-state index in [2.05, 4.69) is 36.0 Å². The molecule has 1 aliphatic rings. The summed E-state index contributed by atoms with van der Waals surface area (Å²) in [7, 11) is 2.11. The van der Waals surface area contributed by atoms with Crippen LogP contribution in [0, 0.1) is 5.92 Å². The molecule has 0 saturated carbocycles. The normalized spacial score (nSPS) is 22.0. The predicted octanol–water partition coefficient (Wildman–Crippen LogP) is 0.926. The Morgan fingerprint density at radius 2 is 1.81 bits per heavy atom. The molecule has 21 heavy (non-hydrogen) atoms. The Morgan fingerprint density at radius 3 is 2.33 bits per heavy atom. The first-order chi connectivity index (χ1) is 9.71. The fourth-order valence-electron chi connectivity index (χ4n) is 2.49. The number of nitrogens with zero attached hydrogens (tertiary/aromatic N) is 2. The van der Waals surface area contributed by atoms with Crippen LogP contribution in [0.15, 0.2) is 0 Å². The fourth-order valence-corrected chi connectivity index (χ4v) is 2.49. The van der Waals surface area contributed by atoms with Gasteiger partial charge in [0.1, 0.15) is 0 Å². The van der Waals surface area contributed by atoms with Gasteiger partial charge in [0.15, 0.2) is 0 Å². The first-order valence-electron chi connectivity index (χ1n) is 8.14.